The number of aromatic nitrogens is 1. The molecular weight excluding hydrogens is 272 g/mol. The van der Waals surface area contributed by atoms with Crippen molar-refractivity contribution in [1.29, 1.82) is 0 Å². The van der Waals surface area contributed by atoms with E-state index in [4.69, 9.17) is 10.5 Å². The first-order valence-electron chi connectivity index (χ1n) is 7.06. The van der Waals surface area contributed by atoms with Crippen molar-refractivity contribution in [3.05, 3.63) is 17.8 Å². The number of nitrogens with two attached hydrogens (primary N) is 1. The maximum absolute atomic E-state index is 12.0. The van der Waals surface area contributed by atoms with Gasteiger partial charge in [0.05, 0.1) is 25.0 Å². The third-order valence-electron chi connectivity index (χ3n) is 3.27. The first-order chi connectivity index (χ1) is 10.1. The highest BCUT2D eigenvalue weighted by molar-refractivity contribution is 5.96. The average Bonchev–Trinajstić information content (AvgIpc) is 3.00. The molecule has 0 saturated carbocycles. The monoisotopic (exact) mass is 292 g/mol. The number of hydrogen-bond donors (Lipinski definition) is 2. The summed E-state index contributed by atoms with van der Waals surface area (Å²) in [6, 6.07) is 1.49. The average molecular weight is 292 g/mol. The number of anilines is 2. The van der Waals surface area contributed by atoms with Gasteiger partial charge in [-0.05, 0) is 25.8 Å². The van der Waals surface area contributed by atoms with Crippen LogP contribution < -0.4 is 11.1 Å². The molecule has 21 heavy (non-hydrogen) atoms. The predicted molar refractivity (Wildman–Crippen MR) is 78.9 cm³/mol. The van der Waals surface area contributed by atoms with Gasteiger partial charge in [-0.25, -0.2) is 9.78 Å². The molecule has 1 aliphatic heterocycles. The molecule has 7 heteroatoms. The molecule has 1 saturated heterocycles. The Balaban J connectivity index is 2.04. The SMILES string of the molecule is CCOC(=O)c1cc(N)cnc1NCC(=O)N1CCCC1. The van der Waals surface area contributed by atoms with Crippen molar-refractivity contribution < 1.29 is 14.3 Å². The number of pyridine rings is 1. The fourth-order valence-corrected chi connectivity index (χ4v) is 2.22. The van der Waals surface area contributed by atoms with Crippen LogP contribution in [0.15, 0.2) is 12.3 Å². The fourth-order valence-electron chi connectivity index (χ4n) is 2.22. The van der Waals surface area contributed by atoms with Gasteiger partial charge >= 0.3 is 5.97 Å². The molecule has 7 nitrogen and oxygen atoms in total. The molecule has 0 unspecified atom stereocenters. The standard InChI is InChI=1S/C14H20N4O3/c1-2-21-14(20)11-7-10(15)8-16-13(11)17-9-12(19)18-5-3-4-6-18/h7-8H,2-6,9,15H2,1H3,(H,16,17). The van der Waals surface area contributed by atoms with E-state index >= 15 is 0 Å². The summed E-state index contributed by atoms with van der Waals surface area (Å²) in [7, 11) is 0. The van der Waals surface area contributed by atoms with Crippen molar-refractivity contribution in [2.45, 2.75) is 19.8 Å². The highest BCUT2D eigenvalue weighted by Crippen LogP contribution is 2.17. The molecule has 1 fully saturated rings. The largest absolute Gasteiger partial charge is 0.462 e. The predicted octanol–water partition coefficient (Wildman–Crippen LogP) is 0.875. The zero-order valence-corrected chi connectivity index (χ0v) is 12.1. The Morgan fingerprint density at radius 2 is 2.14 bits per heavy atom. The number of likely N-dealkylation sites (tertiary alicyclic amines) is 1. The van der Waals surface area contributed by atoms with Gasteiger partial charge in [0.1, 0.15) is 11.4 Å². The second-order valence-corrected chi connectivity index (χ2v) is 4.83. The van der Waals surface area contributed by atoms with Gasteiger partial charge in [0.25, 0.3) is 0 Å². The number of nitrogen functional groups attached to an aromatic ring is 1. The minimum Gasteiger partial charge on any atom is -0.462 e. The number of amides is 1. The maximum atomic E-state index is 12.0. The molecule has 0 atom stereocenters. The van der Waals surface area contributed by atoms with E-state index in [9.17, 15) is 9.59 Å². The topological polar surface area (TPSA) is 97.5 Å². The summed E-state index contributed by atoms with van der Waals surface area (Å²) in [4.78, 5) is 29.7. The van der Waals surface area contributed by atoms with E-state index in [0.717, 1.165) is 25.9 Å². The second kappa shape index (κ2) is 6.92. The molecule has 3 N–H and O–H groups in total. The highest BCUT2D eigenvalue weighted by atomic mass is 16.5. The van der Waals surface area contributed by atoms with E-state index < -0.39 is 5.97 Å². The number of ether oxygens (including phenoxy) is 1. The van der Waals surface area contributed by atoms with E-state index in [1.54, 1.807) is 11.8 Å². The molecule has 2 heterocycles. The van der Waals surface area contributed by atoms with E-state index in [1.165, 1.54) is 12.3 Å². The van der Waals surface area contributed by atoms with Gasteiger partial charge in [0.15, 0.2) is 0 Å². The third kappa shape index (κ3) is 3.84. The molecule has 0 radical (unpaired) electrons. The lowest BCUT2D eigenvalue weighted by molar-refractivity contribution is -0.128. The summed E-state index contributed by atoms with van der Waals surface area (Å²) in [6.07, 6.45) is 3.52. The van der Waals surface area contributed by atoms with Crippen LogP contribution in [0.4, 0.5) is 11.5 Å². The van der Waals surface area contributed by atoms with Crippen LogP contribution in [-0.4, -0.2) is 48.0 Å². The molecule has 1 aromatic rings. The van der Waals surface area contributed by atoms with Crippen LogP contribution >= 0.6 is 0 Å². The van der Waals surface area contributed by atoms with Gasteiger partial charge in [0.2, 0.25) is 5.91 Å². The number of carbonyl (C=O) groups excluding carboxylic acids is 2. The van der Waals surface area contributed by atoms with Gasteiger partial charge in [-0.3, -0.25) is 4.79 Å². The van der Waals surface area contributed by atoms with Gasteiger partial charge < -0.3 is 20.7 Å². The second-order valence-electron chi connectivity index (χ2n) is 4.83. The van der Waals surface area contributed by atoms with Crippen molar-refractivity contribution in [2.24, 2.45) is 0 Å². The molecule has 0 spiro atoms. The van der Waals surface area contributed by atoms with Crippen LogP contribution in [-0.2, 0) is 9.53 Å². The normalized spacial score (nSPS) is 14.0. The third-order valence-corrected chi connectivity index (χ3v) is 3.27. The van der Waals surface area contributed by atoms with Crippen molar-refractivity contribution in [3.63, 3.8) is 0 Å². The molecule has 1 aliphatic rings. The number of carbonyl (C=O) groups is 2. The summed E-state index contributed by atoms with van der Waals surface area (Å²) < 4.78 is 4.96. The van der Waals surface area contributed by atoms with Gasteiger partial charge in [0, 0.05) is 13.1 Å². The first kappa shape index (κ1) is 15.1. The van der Waals surface area contributed by atoms with Crippen LogP contribution in [0.25, 0.3) is 0 Å². The Kier molecular flexibility index (Phi) is 4.97. The van der Waals surface area contributed by atoms with Crippen molar-refractivity contribution >= 4 is 23.4 Å². The molecule has 1 amide bonds. The molecule has 114 valence electrons. The summed E-state index contributed by atoms with van der Waals surface area (Å²) in [5.74, 6) is -0.190. The fraction of sp³-hybridized carbons (Fsp3) is 0.500. The number of rotatable bonds is 5. The van der Waals surface area contributed by atoms with Gasteiger partial charge in [-0.2, -0.15) is 0 Å². The molecule has 2 rings (SSSR count). The lowest BCUT2D eigenvalue weighted by Crippen LogP contribution is -2.33. The highest BCUT2D eigenvalue weighted by Gasteiger charge is 2.19. The molecule has 0 aromatic carbocycles. The smallest absolute Gasteiger partial charge is 0.341 e. The molecule has 0 bridgehead atoms. The van der Waals surface area contributed by atoms with Crippen LogP contribution in [0, 0.1) is 0 Å². The van der Waals surface area contributed by atoms with Crippen LogP contribution in [0.1, 0.15) is 30.1 Å². The zero-order chi connectivity index (χ0) is 15.2. The van der Waals surface area contributed by atoms with Crippen LogP contribution in [0.3, 0.4) is 0 Å². The summed E-state index contributed by atoms with van der Waals surface area (Å²) in [5, 5.41) is 2.90. The van der Waals surface area contributed by atoms with Crippen molar-refractivity contribution in [1.82, 2.24) is 9.88 Å². The molecular formula is C14H20N4O3. The quantitative estimate of drug-likeness (QED) is 0.782. The summed E-state index contributed by atoms with van der Waals surface area (Å²) in [5.41, 5.74) is 6.26. The number of hydrogen-bond acceptors (Lipinski definition) is 6. The number of nitrogens with one attached hydrogen (secondary N) is 1. The first-order valence-corrected chi connectivity index (χ1v) is 7.06. The Hall–Kier alpha value is -2.31. The maximum Gasteiger partial charge on any atom is 0.341 e. The molecule has 1 aromatic heterocycles. The summed E-state index contributed by atoms with van der Waals surface area (Å²) in [6.45, 7) is 3.67. The number of esters is 1. The minimum atomic E-state index is -0.506. The lowest BCUT2D eigenvalue weighted by Gasteiger charge is -2.16. The van der Waals surface area contributed by atoms with E-state index in [-0.39, 0.29) is 24.6 Å². The Morgan fingerprint density at radius 3 is 2.81 bits per heavy atom. The van der Waals surface area contributed by atoms with Gasteiger partial charge in [-0.1, -0.05) is 0 Å². The number of nitrogens with zero attached hydrogens (tertiary/aromatic N) is 2. The van der Waals surface area contributed by atoms with Gasteiger partial charge in [-0.15, -0.1) is 0 Å². The van der Waals surface area contributed by atoms with Crippen molar-refractivity contribution in [2.75, 3.05) is 37.3 Å². The lowest BCUT2D eigenvalue weighted by atomic mass is 10.2. The van der Waals surface area contributed by atoms with Crippen LogP contribution in [0.5, 0.6) is 0 Å². The summed E-state index contributed by atoms with van der Waals surface area (Å²) >= 11 is 0. The van der Waals surface area contributed by atoms with Crippen LogP contribution in [0.2, 0.25) is 0 Å². The minimum absolute atomic E-state index is 0.000865. The Morgan fingerprint density at radius 1 is 1.43 bits per heavy atom. The Bertz CT molecular complexity index is 527. The van der Waals surface area contributed by atoms with E-state index in [1.807, 2.05) is 0 Å². The van der Waals surface area contributed by atoms with E-state index in [2.05, 4.69) is 10.3 Å². The molecule has 0 aliphatic carbocycles. The Labute approximate surface area is 123 Å². The van der Waals surface area contributed by atoms with Crippen molar-refractivity contribution in [3.8, 4) is 0 Å². The zero-order valence-electron chi connectivity index (χ0n) is 12.1. The van der Waals surface area contributed by atoms with E-state index in [0.29, 0.717) is 11.5 Å².